The van der Waals surface area contributed by atoms with Crippen molar-refractivity contribution in [1.29, 1.82) is 0 Å². The molecule has 0 aliphatic carbocycles. The molecule has 0 saturated heterocycles. The molecule has 20 heavy (non-hydrogen) atoms. The fourth-order valence-corrected chi connectivity index (χ4v) is 4.42. The summed E-state index contributed by atoms with van der Waals surface area (Å²) in [6.45, 7) is 4.17. The summed E-state index contributed by atoms with van der Waals surface area (Å²) in [7, 11) is -3.51. The molecular formula is C14H18N2O2S2. The predicted octanol–water partition coefficient (Wildman–Crippen LogP) is 2.55. The van der Waals surface area contributed by atoms with Gasteiger partial charge in [0.05, 0.1) is 4.90 Å². The van der Waals surface area contributed by atoms with Gasteiger partial charge >= 0.3 is 0 Å². The number of benzene rings is 1. The second-order valence-electron chi connectivity index (χ2n) is 4.65. The Morgan fingerprint density at radius 2 is 2.05 bits per heavy atom. The van der Waals surface area contributed by atoms with E-state index in [2.05, 4.69) is 4.72 Å². The van der Waals surface area contributed by atoms with Gasteiger partial charge in [-0.3, -0.25) is 0 Å². The minimum absolute atomic E-state index is 0.276. The average molecular weight is 310 g/mol. The lowest BCUT2D eigenvalue weighted by molar-refractivity contribution is 0.567. The molecule has 4 nitrogen and oxygen atoms in total. The van der Waals surface area contributed by atoms with E-state index in [1.54, 1.807) is 11.4 Å². The molecule has 0 radical (unpaired) electrons. The first-order valence-electron chi connectivity index (χ1n) is 6.29. The first-order chi connectivity index (χ1) is 9.44. The lowest BCUT2D eigenvalue weighted by Crippen LogP contribution is -2.27. The quantitative estimate of drug-likeness (QED) is 0.891. The number of nitrogens with one attached hydrogen (secondary N) is 1. The van der Waals surface area contributed by atoms with Crippen molar-refractivity contribution in [2.24, 2.45) is 5.73 Å². The zero-order valence-electron chi connectivity index (χ0n) is 11.5. The molecule has 1 atom stereocenters. The van der Waals surface area contributed by atoms with Crippen molar-refractivity contribution in [2.45, 2.75) is 31.3 Å². The maximum Gasteiger partial charge on any atom is 0.241 e. The third-order valence-corrected chi connectivity index (χ3v) is 5.76. The molecule has 1 aromatic carbocycles. The van der Waals surface area contributed by atoms with Crippen molar-refractivity contribution in [2.75, 3.05) is 0 Å². The van der Waals surface area contributed by atoms with Crippen LogP contribution in [0.3, 0.4) is 0 Å². The van der Waals surface area contributed by atoms with Crippen molar-refractivity contribution >= 4 is 21.4 Å². The fraction of sp³-hybridized carbons (Fsp3) is 0.286. The van der Waals surface area contributed by atoms with Crippen LogP contribution in [0.15, 0.2) is 40.6 Å². The molecule has 1 unspecified atom stereocenters. The summed E-state index contributed by atoms with van der Waals surface area (Å²) in [5.74, 6) is 0. The van der Waals surface area contributed by atoms with Crippen molar-refractivity contribution in [1.82, 2.24) is 4.72 Å². The van der Waals surface area contributed by atoms with Crippen LogP contribution in [0.5, 0.6) is 0 Å². The first kappa shape index (κ1) is 15.2. The third-order valence-electron chi connectivity index (χ3n) is 3.13. The van der Waals surface area contributed by atoms with E-state index in [4.69, 9.17) is 5.73 Å². The van der Waals surface area contributed by atoms with Crippen LogP contribution in [-0.4, -0.2) is 8.42 Å². The van der Waals surface area contributed by atoms with E-state index >= 15 is 0 Å². The smallest absolute Gasteiger partial charge is 0.241 e. The summed E-state index contributed by atoms with van der Waals surface area (Å²) in [5, 5.41) is 1.62. The SMILES string of the molecule is Cc1ccccc1C(C)NS(=O)(=O)c1csc(CN)c1. The molecule has 1 heterocycles. The second-order valence-corrected chi connectivity index (χ2v) is 7.36. The summed E-state index contributed by atoms with van der Waals surface area (Å²) in [6, 6.07) is 9.09. The van der Waals surface area contributed by atoms with Gasteiger partial charge < -0.3 is 5.73 Å². The standard InChI is InChI=1S/C14H18N2O2S2/c1-10-5-3-4-6-14(10)11(2)16-20(17,18)13-7-12(8-15)19-9-13/h3-7,9,11,16H,8,15H2,1-2H3. The number of aryl methyl sites for hydroxylation is 1. The maximum absolute atomic E-state index is 12.3. The largest absolute Gasteiger partial charge is 0.326 e. The zero-order valence-corrected chi connectivity index (χ0v) is 13.1. The molecule has 2 aromatic rings. The molecule has 0 aliphatic heterocycles. The second kappa shape index (κ2) is 6.05. The van der Waals surface area contributed by atoms with Crippen molar-refractivity contribution < 1.29 is 8.42 Å². The van der Waals surface area contributed by atoms with Gasteiger partial charge in [0.1, 0.15) is 0 Å². The molecular weight excluding hydrogens is 292 g/mol. The minimum atomic E-state index is -3.51. The van der Waals surface area contributed by atoms with Crippen LogP contribution in [0.25, 0.3) is 0 Å². The number of hydrogen-bond donors (Lipinski definition) is 2. The Hall–Kier alpha value is -1.21. The Labute approximate surface area is 123 Å². The van der Waals surface area contributed by atoms with Gasteiger partial charge in [0.2, 0.25) is 10.0 Å². The Balaban J connectivity index is 2.22. The van der Waals surface area contributed by atoms with Gasteiger partial charge in [-0.2, -0.15) is 0 Å². The molecule has 108 valence electrons. The van der Waals surface area contributed by atoms with Crippen LogP contribution in [-0.2, 0) is 16.6 Å². The molecule has 0 amide bonds. The summed E-state index contributed by atoms with van der Waals surface area (Å²) < 4.78 is 27.3. The van der Waals surface area contributed by atoms with E-state index in [1.807, 2.05) is 38.1 Å². The average Bonchev–Trinajstić information content (AvgIpc) is 2.88. The summed E-state index contributed by atoms with van der Waals surface area (Å²) in [6.07, 6.45) is 0. The highest BCUT2D eigenvalue weighted by Crippen LogP contribution is 2.22. The highest BCUT2D eigenvalue weighted by atomic mass is 32.2. The van der Waals surface area contributed by atoms with Crippen LogP contribution in [0.2, 0.25) is 0 Å². The molecule has 2 rings (SSSR count). The maximum atomic E-state index is 12.3. The van der Waals surface area contributed by atoms with Gasteiger partial charge in [-0.05, 0) is 31.0 Å². The third kappa shape index (κ3) is 3.27. The van der Waals surface area contributed by atoms with Gasteiger partial charge in [-0.25, -0.2) is 13.1 Å². The van der Waals surface area contributed by atoms with E-state index in [0.29, 0.717) is 6.54 Å². The van der Waals surface area contributed by atoms with E-state index in [-0.39, 0.29) is 10.9 Å². The predicted molar refractivity (Wildman–Crippen MR) is 82.1 cm³/mol. The van der Waals surface area contributed by atoms with Gasteiger partial charge in [-0.15, -0.1) is 11.3 Å². The van der Waals surface area contributed by atoms with Crippen LogP contribution < -0.4 is 10.5 Å². The normalized spacial score (nSPS) is 13.3. The minimum Gasteiger partial charge on any atom is -0.326 e. The lowest BCUT2D eigenvalue weighted by Gasteiger charge is -2.16. The van der Waals surface area contributed by atoms with Crippen LogP contribution in [0.1, 0.15) is 29.0 Å². The van der Waals surface area contributed by atoms with E-state index < -0.39 is 10.0 Å². The molecule has 0 spiro atoms. The van der Waals surface area contributed by atoms with Crippen molar-refractivity contribution in [3.8, 4) is 0 Å². The number of hydrogen-bond acceptors (Lipinski definition) is 4. The van der Waals surface area contributed by atoms with Crippen molar-refractivity contribution in [3.05, 3.63) is 51.7 Å². The van der Waals surface area contributed by atoms with E-state index in [9.17, 15) is 8.42 Å². The fourth-order valence-electron chi connectivity index (χ4n) is 2.05. The topological polar surface area (TPSA) is 72.2 Å². The molecule has 0 aliphatic rings. The van der Waals surface area contributed by atoms with E-state index in [0.717, 1.165) is 16.0 Å². The Bertz CT molecular complexity index is 693. The van der Waals surface area contributed by atoms with Crippen LogP contribution >= 0.6 is 11.3 Å². The summed E-state index contributed by atoms with van der Waals surface area (Å²) >= 11 is 1.36. The highest BCUT2D eigenvalue weighted by molar-refractivity contribution is 7.89. The van der Waals surface area contributed by atoms with Crippen LogP contribution in [0, 0.1) is 6.92 Å². The van der Waals surface area contributed by atoms with Crippen molar-refractivity contribution in [3.63, 3.8) is 0 Å². The van der Waals surface area contributed by atoms with Gasteiger partial charge in [0.15, 0.2) is 0 Å². The van der Waals surface area contributed by atoms with Crippen LogP contribution in [0.4, 0.5) is 0 Å². The zero-order chi connectivity index (χ0) is 14.8. The molecule has 1 aromatic heterocycles. The molecule has 3 N–H and O–H groups in total. The van der Waals surface area contributed by atoms with Gasteiger partial charge in [-0.1, -0.05) is 24.3 Å². The summed E-state index contributed by atoms with van der Waals surface area (Å²) in [5.41, 5.74) is 7.56. The molecule has 0 fully saturated rings. The Kier molecular flexibility index (Phi) is 4.59. The van der Waals surface area contributed by atoms with Gasteiger partial charge in [0, 0.05) is 22.8 Å². The number of rotatable bonds is 5. The lowest BCUT2D eigenvalue weighted by atomic mass is 10.0. The number of sulfonamides is 1. The molecule has 0 saturated carbocycles. The number of thiophene rings is 1. The van der Waals surface area contributed by atoms with Gasteiger partial charge in [0.25, 0.3) is 0 Å². The number of nitrogens with two attached hydrogens (primary N) is 1. The first-order valence-corrected chi connectivity index (χ1v) is 8.65. The molecule has 6 heteroatoms. The summed E-state index contributed by atoms with van der Waals surface area (Å²) in [4.78, 5) is 1.14. The highest BCUT2D eigenvalue weighted by Gasteiger charge is 2.20. The Morgan fingerprint density at radius 1 is 1.35 bits per heavy atom. The van der Waals surface area contributed by atoms with E-state index in [1.165, 1.54) is 11.3 Å². The monoisotopic (exact) mass is 310 g/mol. The molecule has 0 bridgehead atoms. The Morgan fingerprint density at radius 3 is 2.65 bits per heavy atom.